The Morgan fingerprint density at radius 3 is 2.50 bits per heavy atom. The molecule has 3 heteroatoms. The van der Waals surface area contributed by atoms with E-state index in [9.17, 15) is 4.39 Å². The molecule has 1 nitrogen and oxygen atoms in total. The standard InChI is InChI=1S/C13H17ClFN/c14-8-7-13(5-6-13)10-16-9-11-1-3-12(15)4-2-11/h1-4,16H,5-10H2. The maximum Gasteiger partial charge on any atom is 0.123 e. The van der Waals surface area contributed by atoms with Gasteiger partial charge in [-0.05, 0) is 42.4 Å². The predicted octanol–water partition coefficient (Wildman–Crippen LogP) is 3.32. The minimum atomic E-state index is -0.176. The zero-order valence-corrected chi connectivity index (χ0v) is 10.1. The van der Waals surface area contributed by atoms with Gasteiger partial charge in [0, 0.05) is 19.0 Å². The van der Waals surface area contributed by atoms with Crippen molar-refractivity contribution in [2.45, 2.75) is 25.8 Å². The maximum atomic E-state index is 12.7. The second-order valence-electron chi connectivity index (χ2n) is 4.67. The molecule has 1 saturated carbocycles. The highest BCUT2D eigenvalue weighted by Crippen LogP contribution is 2.48. The minimum absolute atomic E-state index is 0.176. The highest BCUT2D eigenvalue weighted by Gasteiger charge is 2.40. The lowest BCUT2D eigenvalue weighted by Gasteiger charge is -2.14. The van der Waals surface area contributed by atoms with Crippen molar-refractivity contribution in [3.05, 3.63) is 35.6 Å². The molecule has 0 amide bonds. The summed E-state index contributed by atoms with van der Waals surface area (Å²) in [7, 11) is 0. The fraction of sp³-hybridized carbons (Fsp3) is 0.538. The lowest BCUT2D eigenvalue weighted by molar-refractivity contribution is 0.445. The van der Waals surface area contributed by atoms with E-state index in [1.54, 1.807) is 0 Å². The van der Waals surface area contributed by atoms with Crippen LogP contribution in [-0.2, 0) is 6.54 Å². The maximum absolute atomic E-state index is 12.7. The summed E-state index contributed by atoms with van der Waals surface area (Å²) in [5, 5.41) is 3.43. The minimum Gasteiger partial charge on any atom is -0.312 e. The zero-order valence-electron chi connectivity index (χ0n) is 9.31. The van der Waals surface area contributed by atoms with Crippen molar-refractivity contribution in [3.8, 4) is 0 Å². The third kappa shape index (κ3) is 3.19. The Balaban J connectivity index is 1.74. The lowest BCUT2D eigenvalue weighted by Crippen LogP contribution is -2.23. The molecule has 1 aliphatic carbocycles. The fourth-order valence-electron chi connectivity index (χ4n) is 1.97. The number of benzene rings is 1. The summed E-state index contributed by atoms with van der Waals surface area (Å²) in [6.07, 6.45) is 3.68. The van der Waals surface area contributed by atoms with Gasteiger partial charge in [-0.2, -0.15) is 0 Å². The monoisotopic (exact) mass is 241 g/mol. The molecular weight excluding hydrogens is 225 g/mol. The van der Waals surface area contributed by atoms with Gasteiger partial charge in [-0.1, -0.05) is 12.1 Å². The molecule has 0 heterocycles. The summed E-state index contributed by atoms with van der Waals surface area (Å²) >= 11 is 5.77. The molecule has 0 saturated heterocycles. The van der Waals surface area contributed by atoms with Crippen LogP contribution in [0.2, 0.25) is 0 Å². The second-order valence-corrected chi connectivity index (χ2v) is 5.05. The molecule has 0 bridgehead atoms. The van der Waals surface area contributed by atoms with E-state index in [-0.39, 0.29) is 5.82 Å². The number of nitrogens with one attached hydrogen (secondary N) is 1. The largest absolute Gasteiger partial charge is 0.312 e. The second kappa shape index (κ2) is 5.15. The van der Waals surface area contributed by atoms with Crippen molar-refractivity contribution in [3.63, 3.8) is 0 Å². The Hall–Kier alpha value is -0.600. The summed E-state index contributed by atoms with van der Waals surface area (Å²) < 4.78 is 12.7. The van der Waals surface area contributed by atoms with E-state index in [1.807, 2.05) is 12.1 Å². The van der Waals surface area contributed by atoms with E-state index >= 15 is 0 Å². The van der Waals surface area contributed by atoms with Crippen LogP contribution in [0.15, 0.2) is 24.3 Å². The van der Waals surface area contributed by atoms with E-state index in [0.717, 1.165) is 31.0 Å². The van der Waals surface area contributed by atoms with Crippen LogP contribution in [0.4, 0.5) is 4.39 Å². The first kappa shape index (κ1) is 11.9. The summed E-state index contributed by atoms with van der Waals surface area (Å²) in [5.74, 6) is 0.572. The van der Waals surface area contributed by atoms with Crippen molar-refractivity contribution in [2.75, 3.05) is 12.4 Å². The molecule has 0 aliphatic heterocycles. The average Bonchev–Trinajstić information content (AvgIpc) is 3.02. The molecule has 0 unspecified atom stereocenters. The number of hydrogen-bond acceptors (Lipinski definition) is 1. The van der Waals surface area contributed by atoms with E-state index < -0.39 is 0 Å². The third-order valence-electron chi connectivity index (χ3n) is 3.32. The van der Waals surface area contributed by atoms with Crippen LogP contribution in [0, 0.1) is 11.2 Å². The van der Waals surface area contributed by atoms with Gasteiger partial charge < -0.3 is 5.32 Å². The van der Waals surface area contributed by atoms with E-state index in [4.69, 9.17) is 11.6 Å². The van der Waals surface area contributed by atoms with Gasteiger partial charge >= 0.3 is 0 Å². The number of rotatable bonds is 6. The molecule has 16 heavy (non-hydrogen) atoms. The highest BCUT2D eigenvalue weighted by molar-refractivity contribution is 6.17. The van der Waals surface area contributed by atoms with Crippen molar-refractivity contribution >= 4 is 11.6 Å². The topological polar surface area (TPSA) is 12.0 Å². The first-order chi connectivity index (χ1) is 7.74. The molecule has 1 fully saturated rings. The van der Waals surface area contributed by atoms with Gasteiger partial charge in [-0.25, -0.2) is 4.39 Å². The molecule has 2 rings (SSSR count). The molecule has 0 spiro atoms. The van der Waals surface area contributed by atoms with Gasteiger partial charge in [0.2, 0.25) is 0 Å². The summed E-state index contributed by atoms with van der Waals surface area (Å²) in [4.78, 5) is 0. The number of hydrogen-bond donors (Lipinski definition) is 1. The number of alkyl halides is 1. The summed E-state index contributed by atoms with van der Waals surface area (Å²) in [6.45, 7) is 1.83. The van der Waals surface area contributed by atoms with Gasteiger partial charge in [-0.3, -0.25) is 0 Å². The van der Waals surface area contributed by atoms with Gasteiger partial charge in [0.1, 0.15) is 5.82 Å². The lowest BCUT2D eigenvalue weighted by atomic mass is 10.0. The van der Waals surface area contributed by atoms with Crippen LogP contribution < -0.4 is 5.32 Å². The Morgan fingerprint density at radius 2 is 1.94 bits per heavy atom. The van der Waals surface area contributed by atoms with Crippen LogP contribution in [-0.4, -0.2) is 12.4 Å². The fourth-order valence-corrected chi connectivity index (χ4v) is 2.37. The van der Waals surface area contributed by atoms with E-state index in [2.05, 4.69) is 5.32 Å². The molecule has 1 aromatic carbocycles. The van der Waals surface area contributed by atoms with Crippen molar-refractivity contribution < 1.29 is 4.39 Å². The van der Waals surface area contributed by atoms with Crippen LogP contribution in [0.5, 0.6) is 0 Å². The Labute approximate surface area is 101 Å². The number of halogens is 2. The van der Waals surface area contributed by atoms with Crippen molar-refractivity contribution in [1.82, 2.24) is 5.32 Å². The molecule has 1 aliphatic rings. The molecule has 1 aromatic rings. The molecule has 0 aromatic heterocycles. The molecule has 0 atom stereocenters. The Bertz CT molecular complexity index is 332. The smallest absolute Gasteiger partial charge is 0.123 e. The first-order valence-corrected chi connectivity index (χ1v) is 6.29. The van der Waals surface area contributed by atoms with Crippen LogP contribution in [0.3, 0.4) is 0 Å². The predicted molar refractivity (Wildman–Crippen MR) is 65.1 cm³/mol. The Morgan fingerprint density at radius 1 is 1.25 bits per heavy atom. The molecule has 88 valence electrons. The average molecular weight is 242 g/mol. The van der Waals surface area contributed by atoms with Gasteiger partial charge in [-0.15, -0.1) is 11.6 Å². The molecule has 0 radical (unpaired) electrons. The third-order valence-corrected chi connectivity index (χ3v) is 3.51. The quantitative estimate of drug-likeness (QED) is 0.754. The molecule has 1 N–H and O–H groups in total. The van der Waals surface area contributed by atoms with E-state index in [0.29, 0.717) is 5.41 Å². The first-order valence-electron chi connectivity index (χ1n) is 5.75. The zero-order chi connectivity index (χ0) is 11.4. The van der Waals surface area contributed by atoms with Crippen LogP contribution in [0.1, 0.15) is 24.8 Å². The van der Waals surface area contributed by atoms with E-state index in [1.165, 1.54) is 25.0 Å². The Kier molecular flexibility index (Phi) is 3.82. The SMILES string of the molecule is Fc1ccc(CNCC2(CCCl)CC2)cc1. The van der Waals surface area contributed by atoms with Gasteiger partial charge in [0.15, 0.2) is 0 Å². The summed E-state index contributed by atoms with van der Waals surface area (Å²) in [6, 6.07) is 6.65. The van der Waals surface area contributed by atoms with Gasteiger partial charge in [0.05, 0.1) is 0 Å². The van der Waals surface area contributed by atoms with Gasteiger partial charge in [0.25, 0.3) is 0 Å². The summed E-state index contributed by atoms with van der Waals surface area (Å²) in [5.41, 5.74) is 1.59. The highest BCUT2D eigenvalue weighted by atomic mass is 35.5. The van der Waals surface area contributed by atoms with Crippen LogP contribution in [0.25, 0.3) is 0 Å². The van der Waals surface area contributed by atoms with Crippen molar-refractivity contribution in [2.24, 2.45) is 5.41 Å². The van der Waals surface area contributed by atoms with Crippen molar-refractivity contribution in [1.29, 1.82) is 0 Å². The van der Waals surface area contributed by atoms with Crippen LogP contribution >= 0.6 is 11.6 Å². The normalized spacial score (nSPS) is 17.4. The molecular formula is C13H17ClFN.